The molecule has 3 atom stereocenters. The Bertz CT molecular complexity index is 938. The van der Waals surface area contributed by atoms with Crippen molar-refractivity contribution in [3.8, 4) is 17.2 Å². The summed E-state index contributed by atoms with van der Waals surface area (Å²) in [6, 6.07) is 11.2. The Balaban J connectivity index is 1.96. The van der Waals surface area contributed by atoms with Gasteiger partial charge < -0.3 is 24.3 Å². The Morgan fingerprint density at radius 2 is 1.61 bits per heavy atom. The van der Waals surface area contributed by atoms with Crippen LogP contribution in [0.15, 0.2) is 41.3 Å². The maximum atomic E-state index is 13.2. The number of anilines is 1. The van der Waals surface area contributed by atoms with E-state index >= 15 is 0 Å². The van der Waals surface area contributed by atoms with Gasteiger partial charge in [-0.2, -0.15) is 0 Å². The van der Waals surface area contributed by atoms with E-state index in [-0.39, 0.29) is 17.8 Å². The molecule has 0 unspecified atom stereocenters. The molecule has 1 amide bonds. The zero-order valence-corrected chi connectivity index (χ0v) is 19.1. The van der Waals surface area contributed by atoms with Crippen LogP contribution in [0.4, 0.5) is 5.69 Å². The molecule has 0 radical (unpaired) electrons. The van der Waals surface area contributed by atoms with Crippen LogP contribution in [-0.4, -0.2) is 46.6 Å². The summed E-state index contributed by atoms with van der Waals surface area (Å²) in [5, 5.41) is 3.02. The number of nitrogens with one attached hydrogen (secondary N) is 1. The Labute approximate surface area is 186 Å². The van der Waals surface area contributed by atoms with E-state index < -0.39 is 11.8 Å². The fourth-order valence-corrected chi connectivity index (χ4v) is 4.60. The highest BCUT2D eigenvalue weighted by atomic mass is 32.2. The van der Waals surface area contributed by atoms with Crippen molar-refractivity contribution in [2.45, 2.75) is 17.2 Å². The van der Waals surface area contributed by atoms with E-state index in [1.54, 1.807) is 23.9 Å². The number of hydrogen-bond acceptors (Lipinski definition) is 7. The van der Waals surface area contributed by atoms with Gasteiger partial charge >= 0.3 is 5.97 Å². The van der Waals surface area contributed by atoms with E-state index in [0.29, 0.717) is 23.7 Å². The van der Waals surface area contributed by atoms with E-state index in [1.807, 2.05) is 30.5 Å². The SMILES string of the molecule is COC(=O)[C@H]1C[C@H](C(=O)Nc2ccccc2SC)[C@@H]1c1cc(OC)c(OC)c(OC)c1. The number of thioether (sulfide) groups is 1. The van der Waals surface area contributed by atoms with Gasteiger partial charge in [-0.05, 0) is 42.5 Å². The lowest BCUT2D eigenvalue weighted by Crippen LogP contribution is -2.46. The molecule has 1 aliphatic carbocycles. The number of carbonyl (C=O) groups is 2. The number of methoxy groups -OCH3 is 4. The second-order valence-electron chi connectivity index (χ2n) is 7.15. The van der Waals surface area contributed by atoms with Gasteiger partial charge in [-0.25, -0.2) is 0 Å². The van der Waals surface area contributed by atoms with Gasteiger partial charge in [-0.15, -0.1) is 11.8 Å². The van der Waals surface area contributed by atoms with E-state index in [9.17, 15) is 9.59 Å². The standard InChI is InChI=1S/C23H27NO6S/c1-27-17-10-13(11-18(28-2)21(17)29-3)20-14(12-15(20)23(26)30-4)22(25)24-16-8-6-7-9-19(16)31-5/h6-11,14-15,20H,12H2,1-5H3,(H,24,25)/t14-,15-,20-/m0/s1. The predicted octanol–water partition coefficient (Wildman–Crippen LogP) is 3.97. The number of amides is 1. The van der Waals surface area contributed by atoms with Crippen molar-refractivity contribution in [1.29, 1.82) is 0 Å². The second-order valence-corrected chi connectivity index (χ2v) is 7.99. The first kappa shape index (κ1) is 22.8. The summed E-state index contributed by atoms with van der Waals surface area (Å²) < 4.78 is 21.3. The van der Waals surface area contributed by atoms with Crippen LogP contribution in [0.5, 0.6) is 17.2 Å². The molecule has 0 aliphatic heterocycles. The quantitative estimate of drug-likeness (QED) is 0.486. The number of esters is 1. The van der Waals surface area contributed by atoms with Crippen molar-refractivity contribution >= 4 is 29.3 Å². The maximum absolute atomic E-state index is 13.2. The number of hydrogen-bond donors (Lipinski definition) is 1. The number of rotatable bonds is 8. The summed E-state index contributed by atoms with van der Waals surface area (Å²) in [6.45, 7) is 0. The average molecular weight is 446 g/mol. The predicted molar refractivity (Wildman–Crippen MR) is 119 cm³/mol. The highest BCUT2D eigenvalue weighted by Crippen LogP contribution is 2.52. The summed E-state index contributed by atoms with van der Waals surface area (Å²) >= 11 is 1.56. The van der Waals surface area contributed by atoms with Crippen molar-refractivity contribution in [2.24, 2.45) is 11.8 Å². The van der Waals surface area contributed by atoms with Crippen LogP contribution in [0.3, 0.4) is 0 Å². The van der Waals surface area contributed by atoms with Crippen LogP contribution in [0.2, 0.25) is 0 Å². The van der Waals surface area contributed by atoms with Gasteiger partial charge in [0, 0.05) is 16.7 Å². The molecule has 0 spiro atoms. The largest absolute Gasteiger partial charge is 0.493 e. The zero-order chi connectivity index (χ0) is 22.5. The van der Waals surface area contributed by atoms with Gasteiger partial charge in [0.05, 0.1) is 40.0 Å². The first-order valence-electron chi connectivity index (χ1n) is 9.80. The summed E-state index contributed by atoms with van der Waals surface area (Å²) in [7, 11) is 5.95. The number of benzene rings is 2. The molecular weight excluding hydrogens is 418 g/mol. The van der Waals surface area contributed by atoms with Crippen LogP contribution in [-0.2, 0) is 14.3 Å². The topological polar surface area (TPSA) is 83.1 Å². The highest BCUT2D eigenvalue weighted by molar-refractivity contribution is 7.98. The highest BCUT2D eigenvalue weighted by Gasteiger charge is 2.50. The molecule has 0 saturated heterocycles. The third-order valence-corrected chi connectivity index (χ3v) is 6.45. The van der Waals surface area contributed by atoms with Crippen molar-refractivity contribution in [1.82, 2.24) is 0 Å². The van der Waals surface area contributed by atoms with Crippen LogP contribution >= 0.6 is 11.8 Å². The monoisotopic (exact) mass is 445 g/mol. The van der Waals surface area contributed by atoms with Gasteiger partial charge in [-0.1, -0.05) is 12.1 Å². The number of para-hydroxylation sites is 1. The number of ether oxygens (including phenoxy) is 4. The summed E-state index contributed by atoms with van der Waals surface area (Å²) in [5.74, 6) is -0.285. The van der Waals surface area contributed by atoms with Crippen molar-refractivity contribution in [2.75, 3.05) is 40.0 Å². The van der Waals surface area contributed by atoms with Crippen molar-refractivity contribution < 1.29 is 28.5 Å². The van der Waals surface area contributed by atoms with Gasteiger partial charge in [-0.3, -0.25) is 9.59 Å². The van der Waals surface area contributed by atoms with Gasteiger partial charge in [0.15, 0.2) is 11.5 Å². The molecule has 1 N–H and O–H groups in total. The van der Waals surface area contributed by atoms with Crippen LogP contribution in [0.25, 0.3) is 0 Å². The fraction of sp³-hybridized carbons (Fsp3) is 0.391. The van der Waals surface area contributed by atoms with Crippen LogP contribution < -0.4 is 19.5 Å². The smallest absolute Gasteiger partial charge is 0.309 e. The van der Waals surface area contributed by atoms with E-state index in [4.69, 9.17) is 18.9 Å². The third-order valence-electron chi connectivity index (χ3n) is 5.65. The number of carbonyl (C=O) groups excluding carboxylic acids is 2. The lowest BCUT2D eigenvalue weighted by atomic mass is 9.61. The molecular formula is C23H27NO6S. The lowest BCUT2D eigenvalue weighted by Gasteiger charge is -2.42. The first-order valence-corrected chi connectivity index (χ1v) is 11.0. The molecule has 31 heavy (non-hydrogen) atoms. The van der Waals surface area contributed by atoms with Crippen molar-refractivity contribution in [3.63, 3.8) is 0 Å². The first-order chi connectivity index (χ1) is 15.0. The second kappa shape index (κ2) is 9.96. The summed E-state index contributed by atoms with van der Waals surface area (Å²) in [6.07, 6.45) is 2.36. The molecule has 1 aliphatic rings. The van der Waals surface area contributed by atoms with Gasteiger partial charge in [0.2, 0.25) is 11.7 Å². The van der Waals surface area contributed by atoms with Crippen LogP contribution in [0, 0.1) is 11.8 Å². The van der Waals surface area contributed by atoms with Gasteiger partial charge in [0.25, 0.3) is 0 Å². The minimum absolute atomic E-state index is 0.139. The van der Waals surface area contributed by atoms with E-state index in [0.717, 1.165) is 16.1 Å². The van der Waals surface area contributed by atoms with Crippen LogP contribution in [0.1, 0.15) is 17.9 Å². The molecule has 1 saturated carbocycles. The third kappa shape index (κ3) is 4.44. The maximum Gasteiger partial charge on any atom is 0.309 e. The Kier molecular flexibility index (Phi) is 7.33. The molecule has 0 bridgehead atoms. The van der Waals surface area contributed by atoms with Gasteiger partial charge in [0.1, 0.15) is 0 Å². The Morgan fingerprint density at radius 3 is 2.16 bits per heavy atom. The van der Waals surface area contributed by atoms with E-state index in [2.05, 4.69) is 5.32 Å². The Morgan fingerprint density at radius 1 is 0.968 bits per heavy atom. The molecule has 2 aromatic carbocycles. The minimum Gasteiger partial charge on any atom is -0.493 e. The normalized spacial score (nSPS) is 19.7. The van der Waals surface area contributed by atoms with Crippen molar-refractivity contribution in [3.05, 3.63) is 42.0 Å². The molecule has 8 heteroatoms. The molecule has 0 aromatic heterocycles. The minimum atomic E-state index is -0.431. The molecule has 166 valence electrons. The molecule has 0 heterocycles. The zero-order valence-electron chi connectivity index (χ0n) is 18.3. The molecule has 2 aromatic rings. The van der Waals surface area contributed by atoms with E-state index in [1.165, 1.54) is 28.4 Å². The molecule has 3 rings (SSSR count). The fourth-order valence-electron chi connectivity index (χ4n) is 4.05. The average Bonchev–Trinajstić information content (AvgIpc) is 2.77. The Hall–Kier alpha value is -2.87. The summed E-state index contributed by atoms with van der Waals surface area (Å²) in [5.41, 5.74) is 1.51. The molecule has 1 fully saturated rings. The summed E-state index contributed by atoms with van der Waals surface area (Å²) in [4.78, 5) is 26.5. The molecule has 7 nitrogen and oxygen atoms in total. The lowest BCUT2D eigenvalue weighted by molar-refractivity contribution is -0.153.